The predicted octanol–water partition coefficient (Wildman–Crippen LogP) is 1.71. The van der Waals surface area contributed by atoms with Crippen LogP contribution in [0.3, 0.4) is 0 Å². The summed E-state index contributed by atoms with van der Waals surface area (Å²) in [5, 5.41) is 3.15. The summed E-state index contributed by atoms with van der Waals surface area (Å²) < 4.78 is 15.6. The summed E-state index contributed by atoms with van der Waals surface area (Å²) in [6.07, 6.45) is 0. The number of nitrogens with one attached hydrogen (secondary N) is 1. The van der Waals surface area contributed by atoms with E-state index in [0.29, 0.717) is 13.3 Å². The molecule has 4 nitrogen and oxygen atoms in total. The van der Waals surface area contributed by atoms with Gasteiger partial charge in [0.1, 0.15) is 11.5 Å². The van der Waals surface area contributed by atoms with Crippen molar-refractivity contribution in [1.82, 2.24) is 5.32 Å². The minimum absolute atomic E-state index is 0.522. The molecule has 0 heterocycles. The largest absolute Gasteiger partial charge is 0.496 e. The first-order chi connectivity index (χ1) is 7.74. The van der Waals surface area contributed by atoms with Gasteiger partial charge in [-0.3, -0.25) is 5.32 Å². The Balaban J connectivity index is 2.88. The highest BCUT2D eigenvalue weighted by atomic mass is 16.5. The van der Waals surface area contributed by atoms with E-state index >= 15 is 0 Å². The molecule has 1 aromatic rings. The monoisotopic (exact) mass is 225 g/mol. The molecule has 0 saturated heterocycles. The minimum Gasteiger partial charge on any atom is -0.496 e. The van der Waals surface area contributed by atoms with E-state index in [1.165, 1.54) is 0 Å². The molecule has 0 bridgehead atoms. The standard InChI is InChI=1S/C12H19NO3/c1-9-11(15-3)6-5-10(12(9)16-4)7-13-8-14-2/h5-6,13H,7-8H2,1-4H3. The Morgan fingerprint density at radius 2 is 1.88 bits per heavy atom. The van der Waals surface area contributed by atoms with Gasteiger partial charge < -0.3 is 14.2 Å². The molecule has 0 spiro atoms. The quantitative estimate of drug-likeness (QED) is 0.591. The first-order valence-electron chi connectivity index (χ1n) is 5.14. The molecule has 0 atom stereocenters. The van der Waals surface area contributed by atoms with Gasteiger partial charge in [-0.15, -0.1) is 0 Å². The van der Waals surface area contributed by atoms with E-state index in [0.717, 1.165) is 22.6 Å². The first kappa shape index (κ1) is 12.8. The summed E-state index contributed by atoms with van der Waals surface area (Å²) in [6.45, 7) is 3.22. The Hall–Kier alpha value is -1.26. The second-order valence-electron chi connectivity index (χ2n) is 3.44. The maximum atomic E-state index is 5.39. The smallest absolute Gasteiger partial charge is 0.129 e. The normalized spacial score (nSPS) is 10.2. The van der Waals surface area contributed by atoms with Gasteiger partial charge in [0, 0.05) is 24.8 Å². The average Bonchev–Trinajstić information content (AvgIpc) is 2.30. The molecule has 0 unspecified atom stereocenters. The molecule has 0 saturated carbocycles. The molecule has 4 heteroatoms. The van der Waals surface area contributed by atoms with Gasteiger partial charge >= 0.3 is 0 Å². The van der Waals surface area contributed by atoms with E-state index in [1.807, 2.05) is 19.1 Å². The predicted molar refractivity (Wildman–Crippen MR) is 63.0 cm³/mol. The lowest BCUT2D eigenvalue weighted by Crippen LogP contribution is -2.16. The molecular formula is C12H19NO3. The Bertz CT molecular complexity index is 339. The van der Waals surface area contributed by atoms with Crippen molar-refractivity contribution in [3.63, 3.8) is 0 Å². The Morgan fingerprint density at radius 1 is 1.12 bits per heavy atom. The maximum absolute atomic E-state index is 5.39. The topological polar surface area (TPSA) is 39.7 Å². The second kappa shape index (κ2) is 6.35. The third kappa shape index (κ3) is 2.87. The minimum atomic E-state index is 0.522. The van der Waals surface area contributed by atoms with Gasteiger partial charge in [-0.25, -0.2) is 0 Å². The van der Waals surface area contributed by atoms with E-state index in [4.69, 9.17) is 14.2 Å². The van der Waals surface area contributed by atoms with E-state index in [9.17, 15) is 0 Å². The van der Waals surface area contributed by atoms with E-state index < -0.39 is 0 Å². The van der Waals surface area contributed by atoms with Crippen molar-refractivity contribution in [3.8, 4) is 11.5 Å². The molecule has 1 rings (SSSR count). The Kier molecular flexibility index (Phi) is 5.08. The number of hydrogen-bond donors (Lipinski definition) is 1. The number of benzene rings is 1. The lowest BCUT2D eigenvalue weighted by Gasteiger charge is -2.14. The zero-order valence-electron chi connectivity index (χ0n) is 10.3. The average molecular weight is 225 g/mol. The molecule has 0 aliphatic carbocycles. The van der Waals surface area contributed by atoms with Crippen LogP contribution < -0.4 is 14.8 Å². The van der Waals surface area contributed by atoms with Gasteiger partial charge in [0.25, 0.3) is 0 Å². The third-order valence-electron chi connectivity index (χ3n) is 2.42. The van der Waals surface area contributed by atoms with Crippen LogP contribution in [0.2, 0.25) is 0 Å². The van der Waals surface area contributed by atoms with Crippen LogP contribution in [0.1, 0.15) is 11.1 Å². The molecule has 0 aliphatic rings. The molecule has 90 valence electrons. The lowest BCUT2D eigenvalue weighted by molar-refractivity contribution is 0.174. The maximum Gasteiger partial charge on any atom is 0.129 e. The van der Waals surface area contributed by atoms with Crippen molar-refractivity contribution >= 4 is 0 Å². The lowest BCUT2D eigenvalue weighted by atomic mass is 10.1. The van der Waals surface area contributed by atoms with Gasteiger partial charge in [0.2, 0.25) is 0 Å². The van der Waals surface area contributed by atoms with Crippen LogP contribution in [0, 0.1) is 6.92 Å². The van der Waals surface area contributed by atoms with Crippen LogP contribution in [0.5, 0.6) is 11.5 Å². The number of hydrogen-bond acceptors (Lipinski definition) is 4. The van der Waals surface area contributed by atoms with Crippen molar-refractivity contribution in [2.45, 2.75) is 13.5 Å². The zero-order chi connectivity index (χ0) is 12.0. The fraction of sp³-hybridized carbons (Fsp3) is 0.500. The van der Waals surface area contributed by atoms with E-state index in [1.54, 1.807) is 21.3 Å². The fourth-order valence-corrected chi connectivity index (χ4v) is 1.66. The van der Waals surface area contributed by atoms with E-state index in [-0.39, 0.29) is 0 Å². The number of ether oxygens (including phenoxy) is 3. The fourth-order valence-electron chi connectivity index (χ4n) is 1.66. The molecule has 1 aromatic carbocycles. The van der Waals surface area contributed by atoms with Crippen LogP contribution in [0.25, 0.3) is 0 Å². The molecule has 0 fully saturated rings. The Labute approximate surface area is 96.5 Å². The van der Waals surface area contributed by atoms with Gasteiger partial charge in [0.05, 0.1) is 21.0 Å². The first-order valence-corrected chi connectivity index (χ1v) is 5.14. The summed E-state index contributed by atoms with van der Waals surface area (Å²) in [4.78, 5) is 0. The van der Waals surface area contributed by atoms with Crippen molar-refractivity contribution in [2.24, 2.45) is 0 Å². The highest BCUT2D eigenvalue weighted by Gasteiger charge is 2.10. The highest BCUT2D eigenvalue weighted by molar-refractivity contribution is 5.49. The molecule has 1 N–H and O–H groups in total. The number of rotatable bonds is 6. The van der Waals surface area contributed by atoms with Crippen molar-refractivity contribution < 1.29 is 14.2 Å². The van der Waals surface area contributed by atoms with E-state index in [2.05, 4.69) is 5.32 Å². The van der Waals surface area contributed by atoms with Gasteiger partial charge in [-0.1, -0.05) is 6.07 Å². The summed E-state index contributed by atoms with van der Waals surface area (Å²) in [6, 6.07) is 3.94. The summed E-state index contributed by atoms with van der Waals surface area (Å²) in [7, 11) is 4.98. The van der Waals surface area contributed by atoms with Crippen LogP contribution in [-0.2, 0) is 11.3 Å². The Morgan fingerprint density at radius 3 is 2.44 bits per heavy atom. The SMILES string of the molecule is COCNCc1ccc(OC)c(C)c1OC. The summed E-state index contributed by atoms with van der Waals surface area (Å²) in [5.74, 6) is 1.70. The van der Waals surface area contributed by atoms with Gasteiger partial charge in [-0.05, 0) is 13.0 Å². The van der Waals surface area contributed by atoms with Gasteiger partial charge in [0.15, 0.2) is 0 Å². The number of methoxy groups -OCH3 is 3. The van der Waals surface area contributed by atoms with Crippen LogP contribution >= 0.6 is 0 Å². The van der Waals surface area contributed by atoms with Gasteiger partial charge in [-0.2, -0.15) is 0 Å². The van der Waals surface area contributed by atoms with Crippen molar-refractivity contribution in [2.75, 3.05) is 28.1 Å². The molecule has 0 amide bonds. The summed E-state index contributed by atoms with van der Waals surface area (Å²) >= 11 is 0. The molecular weight excluding hydrogens is 206 g/mol. The van der Waals surface area contributed by atoms with Crippen LogP contribution in [0.4, 0.5) is 0 Å². The van der Waals surface area contributed by atoms with Crippen molar-refractivity contribution in [3.05, 3.63) is 23.3 Å². The molecule has 16 heavy (non-hydrogen) atoms. The third-order valence-corrected chi connectivity index (χ3v) is 2.42. The van der Waals surface area contributed by atoms with Crippen molar-refractivity contribution in [1.29, 1.82) is 0 Å². The summed E-state index contributed by atoms with van der Waals surface area (Å²) in [5.41, 5.74) is 2.11. The van der Waals surface area contributed by atoms with Crippen LogP contribution in [-0.4, -0.2) is 28.1 Å². The second-order valence-corrected chi connectivity index (χ2v) is 3.44. The molecule has 0 radical (unpaired) electrons. The zero-order valence-corrected chi connectivity index (χ0v) is 10.3. The van der Waals surface area contributed by atoms with Crippen LogP contribution in [0.15, 0.2) is 12.1 Å². The highest BCUT2D eigenvalue weighted by Crippen LogP contribution is 2.30. The molecule has 0 aliphatic heterocycles. The molecule has 0 aromatic heterocycles.